The van der Waals surface area contributed by atoms with Crippen LogP contribution in [0.5, 0.6) is 0 Å². The summed E-state index contributed by atoms with van der Waals surface area (Å²) in [5.41, 5.74) is 1.76. The monoisotopic (exact) mass is 410 g/mol. The summed E-state index contributed by atoms with van der Waals surface area (Å²) >= 11 is 0. The predicted molar refractivity (Wildman–Crippen MR) is 113 cm³/mol. The van der Waals surface area contributed by atoms with Gasteiger partial charge in [0.1, 0.15) is 5.60 Å². The number of piperidine rings is 1. The fourth-order valence-electron chi connectivity index (χ4n) is 4.63. The molecule has 1 aromatic heterocycles. The van der Waals surface area contributed by atoms with Crippen LogP contribution in [0.15, 0.2) is 42.7 Å². The van der Waals surface area contributed by atoms with Crippen molar-refractivity contribution in [2.45, 2.75) is 51.2 Å². The van der Waals surface area contributed by atoms with E-state index in [1.807, 2.05) is 48.4 Å². The molecule has 3 heterocycles. The third-order valence-electron chi connectivity index (χ3n) is 6.42. The van der Waals surface area contributed by atoms with E-state index in [1.54, 1.807) is 11.1 Å². The summed E-state index contributed by atoms with van der Waals surface area (Å²) in [6.45, 7) is 4.69. The van der Waals surface area contributed by atoms with Crippen molar-refractivity contribution < 1.29 is 14.3 Å². The fourth-order valence-corrected chi connectivity index (χ4v) is 4.63. The standard InChI is InChI=1S/C23H30N4O3/c1-23(17-27(22(29)30-23)16-18-6-3-2-4-7-18)20-10-12-26(13-11-20)21(28)9-5-8-19-14-24-25-15-19/h2-4,6-7,14-15,20H,5,8-13,16-17H2,1H3,(H,24,25). The maximum atomic E-state index is 12.6. The van der Waals surface area contributed by atoms with Gasteiger partial charge in [0.2, 0.25) is 5.91 Å². The highest BCUT2D eigenvalue weighted by molar-refractivity contribution is 5.76. The molecule has 2 aliphatic rings. The number of H-pyrrole nitrogens is 1. The maximum Gasteiger partial charge on any atom is 0.410 e. The molecule has 0 bridgehead atoms. The highest BCUT2D eigenvalue weighted by Gasteiger charge is 2.47. The van der Waals surface area contributed by atoms with Crippen molar-refractivity contribution >= 4 is 12.0 Å². The minimum Gasteiger partial charge on any atom is -0.441 e. The SMILES string of the molecule is CC1(C2CCN(C(=O)CCCc3cn[nH]c3)CC2)CN(Cc2ccccc2)C(=O)O1. The van der Waals surface area contributed by atoms with Gasteiger partial charge in [-0.15, -0.1) is 0 Å². The average molecular weight is 411 g/mol. The quantitative estimate of drug-likeness (QED) is 0.759. The summed E-state index contributed by atoms with van der Waals surface area (Å²) in [6, 6.07) is 10.00. The van der Waals surface area contributed by atoms with E-state index in [2.05, 4.69) is 10.2 Å². The molecule has 4 rings (SSSR count). The number of carbonyl (C=O) groups excluding carboxylic acids is 2. The first-order chi connectivity index (χ1) is 14.5. The van der Waals surface area contributed by atoms with E-state index in [9.17, 15) is 9.59 Å². The summed E-state index contributed by atoms with van der Waals surface area (Å²) in [7, 11) is 0. The summed E-state index contributed by atoms with van der Waals surface area (Å²) in [4.78, 5) is 28.8. The van der Waals surface area contributed by atoms with E-state index in [0.29, 0.717) is 19.5 Å². The lowest BCUT2D eigenvalue weighted by Crippen LogP contribution is -2.47. The fraction of sp³-hybridized carbons (Fsp3) is 0.522. The molecule has 160 valence electrons. The topological polar surface area (TPSA) is 78.5 Å². The van der Waals surface area contributed by atoms with Crippen LogP contribution < -0.4 is 0 Å². The highest BCUT2D eigenvalue weighted by Crippen LogP contribution is 2.37. The van der Waals surface area contributed by atoms with E-state index < -0.39 is 5.60 Å². The van der Waals surface area contributed by atoms with Gasteiger partial charge >= 0.3 is 6.09 Å². The summed E-state index contributed by atoms with van der Waals surface area (Å²) < 4.78 is 5.85. The number of amides is 2. The van der Waals surface area contributed by atoms with Gasteiger partial charge < -0.3 is 9.64 Å². The molecule has 2 aliphatic heterocycles. The minimum absolute atomic E-state index is 0.219. The van der Waals surface area contributed by atoms with Crippen molar-refractivity contribution in [2.24, 2.45) is 5.92 Å². The second-order valence-electron chi connectivity index (χ2n) is 8.64. The van der Waals surface area contributed by atoms with Crippen LogP contribution in [0.1, 0.15) is 43.7 Å². The first-order valence-corrected chi connectivity index (χ1v) is 10.8. The number of rotatable bonds is 7. The minimum atomic E-state index is -0.484. The van der Waals surface area contributed by atoms with Crippen LogP contribution in [-0.4, -0.2) is 57.2 Å². The van der Waals surface area contributed by atoms with E-state index in [4.69, 9.17) is 4.74 Å². The Labute approximate surface area is 177 Å². The molecule has 1 N–H and O–H groups in total. The van der Waals surface area contributed by atoms with Crippen LogP contribution in [0.4, 0.5) is 4.79 Å². The molecule has 7 heteroatoms. The molecule has 1 unspecified atom stereocenters. The van der Waals surface area contributed by atoms with Crippen molar-refractivity contribution in [1.29, 1.82) is 0 Å². The number of carbonyl (C=O) groups is 2. The number of aryl methyl sites for hydroxylation is 1. The van der Waals surface area contributed by atoms with Crippen LogP contribution in [0.2, 0.25) is 0 Å². The smallest absolute Gasteiger partial charge is 0.410 e. The molecule has 2 saturated heterocycles. The number of aromatic amines is 1. The zero-order valence-corrected chi connectivity index (χ0v) is 17.5. The van der Waals surface area contributed by atoms with Crippen molar-refractivity contribution in [3.8, 4) is 0 Å². The Kier molecular flexibility index (Phi) is 6.06. The Morgan fingerprint density at radius 3 is 2.70 bits per heavy atom. The average Bonchev–Trinajstić information content (AvgIpc) is 3.37. The number of hydrogen-bond acceptors (Lipinski definition) is 4. The molecule has 0 saturated carbocycles. The number of aromatic nitrogens is 2. The molecular formula is C23H30N4O3. The second-order valence-corrected chi connectivity index (χ2v) is 8.64. The van der Waals surface area contributed by atoms with E-state index >= 15 is 0 Å². The normalized spacial score (nSPS) is 22.4. The lowest BCUT2D eigenvalue weighted by atomic mass is 9.81. The molecule has 2 amide bonds. The summed E-state index contributed by atoms with van der Waals surface area (Å²) in [6.07, 6.45) is 7.45. The van der Waals surface area contributed by atoms with Crippen LogP contribution in [0, 0.1) is 5.92 Å². The molecule has 2 aromatic rings. The number of likely N-dealkylation sites (tertiary alicyclic amines) is 1. The van der Waals surface area contributed by atoms with Crippen molar-refractivity contribution in [1.82, 2.24) is 20.0 Å². The Morgan fingerprint density at radius 2 is 2.00 bits per heavy atom. The number of nitrogens with one attached hydrogen (secondary N) is 1. The summed E-state index contributed by atoms with van der Waals surface area (Å²) in [5.74, 6) is 0.494. The first-order valence-electron chi connectivity index (χ1n) is 10.8. The zero-order valence-electron chi connectivity index (χ0n) is 17.5. The summed E-state index contributed by atoms with van der Waals surface area (Å²) in [5, 5.41) is 6.74. The van der Waals surface area contributed by atoms with Crippen molar-refractivity contribution in [3.05, 3.63) is 53.9 Å². The Morgan fingerprint density at radius 1 is 1.23 bits per heavy atom. The van der Waals surface area contributed by atoms with Crippen LogP contribution in [0.3, 0.4) is 0 Å². The molecule has 7 nitrogen and oxygen atoms in total. The molecule has 0 aliphatic carbocycles. The molecule has 0 radical (unpaired) electrons. The third kappa shape index (κ3) is 4.66. The van der Waals surface area contributed by atoms with Crippen molar-refractivity contribution in [2.75, 3.05) is 19.6 Å². The molecule has 0 spiro atoms. The lowest BCUT2D eigenvalue weighted by molar-refractivity contribution is -0.133. The van der Waals surface area contributed by atoms with Gasteiger partial charge in [0.25, 0.3) is 0 Å². The van der Waals surface area contributed by atoms with Crippen LogP contribution in [-0.2, 0) is 22.5 Å². The van der Waals surface area contributed by atoms with Gasteiger partial charge in [-0.05, 0) is 43.7 Å². The second kappa shape index (κ2) is 8.90. The third-order valence-corrected chi connectivity index (χ3v) is 6.42. The Hall–Kier alpha value is -2.83. The van der Waals surface area contributed by atoms with Gasteiger partial charge in [-0.1, -0.05) is 30.3 Å². The molecular weight excluding hydrogens is 380 g/mol. The van der Waals surface area contributed by atoms with E-state index in [-0.39, 0.29) is 17.9 Å². The number of ether oxygens (including phenoxy) is 1. The molecule has 1 aromatic carbocycles. The Bertz CT molecular complexity index is 847. The number of hydrogen-bond donors (Lipinski definition) is 1. The van der Waals surface area contributed by atoms with E-state index in [0.717, 1.165) is 49.9 Å². The van der Waals surface area contributed by atoms with Gasteiger partial charge in [0.05, 0.1) is 12.7 Å². The van der Waals surface area contributed by atoms with Gasteiger partial charge in [0, 0.05) is 38.2 Å². The molecule has 2 fully saturated rings. The van der Waals surface area contributed by atoms with Gasteiger partial charge in [-0.2, -0.15) is 5.10 Å². The van der Waals surface area contributed by atoms with Gasteiger partial charge in [0.15, 0.2) is 0 Å². The van der Waals surface area contributed by atoms with Crippen LogP contribution in [0.25, 0.3) is 0 Å². The van der Waals surface area contributed by atoms with Crippen molar-refractivity contribution in [3.63, 3.8) is 0 Å². The van der Waals surface area contributed by atoms with E-state index in [1.165, 1.54) is 0 Å². The Balaban J connectivity index is 1.25. The van der Waals surface area contributed by atoms with Gasteiger partial charge in [-0.25, -0.2) is 4.79 Å². The van der Waals surface area contributed by atoms with Gasteiger partial charge in [-0.3, -0.25) is 14.8 Å². The number of nitrogens with zero attached hydrogens (tertiary/aromatic N) is 3. The number of cyclic esters (lactones) is 1. The predicted octanol–water partition coefficient (Wildman–Crippen LogP) is 3.38. The highest BCUT2D eigenvalue weighted by atomic mass is 16.6. The largest absolute Gasteiger partial charge is 0.441 e. The lowest BCUT2D eigenvalue weighted by Gasteiger charge is -2.39. The number of benzene rings is 1. The van der Waals surface area contributed by atoms with Crippen LogP contribution >= 0.6 is 0 Å². The first kappa shape index (κ1) is 20.4. The molecule has 1 atom stereocenters. The zero-order chi connectivity index (χ0) is 21.0. The maximum absolute atomic E-state index is 12.6. The molecule has 30 heavy (non-hydrogen) atoms.